The number of nitrogens with zero attached hydrogens (tertiary/aromatic N) is 1. The first-order valence-electron chi connectivity index (χ1n) is 6.10. The third-order valence-electron chi connectivity index (χ3n) is 2.99. The average Bonchev–Trinajstić information content (AvgIpc) is 2.43. The van der Waals surface area contributed by atoms with Gasteiger partial charge in [-0.25, -0.2) is 13.1 Å². The van der Waals surface area contributed by atoms with Crippen LogP contribution in [-0.2, 0) is 14.8 Å². The lowest BCUT2D eigenvalue weighted by atomic mass is 10.1. The maximum Gasteiger partial charge on any atom is 0.241 e. The van der Waals surface area contributed by atoms with Gasteiger partial charge in [0.15, 0.2) is 0 Å². The van der Waals surface area contributed by atoms with Crippen molar-refractivity contribution >= 4 is 32.8 Å². The van der Waals surface area contributed by atoms with Gasteiger partial charge in [-0.15, -0.1) is 0 Å². The lowest BCUT2D eigenvalue weighted by molar-refractivity contribution is -0.106. The van der Waals surface area contributed by atoms with E-state index in [9.17, 15) is 13.2 Å². The number of anilines is 1. The second kappa shape index (κ2) is 5.60. The number of benzene rings is 2. The standard InChI is InChI=1S/C14H16N2O3S/c1-16(2)13-7-3-6-12-11(13)5-4-8-14(12)20(18,19)15-9-10-17/h3-8,10,15H,9H2,1-2H3. The molecule has 5 nitrogen and oxygen atoms in total. The van der Waals surface area contributed by atoms with Gasteiger partial charge in [0.25, 0.3) is 0 Å². The van der Waals surface area contributed by atoms with Crippen LogP contribution in [-0.4, -0.2) is 35.3 Å². The first-order valence-corrected chi connectivity index (χ1v) is 7.58. The molecule has 0 bridgehead atoms. The molecule has 0 saturated heterocycles. The van der Waals surface area contributed by atoms with Crippen LogP contribution in [0.1, 0.15) is 0 Å². The van der Waals surface area contributed by atoms with E-state index in [2.05, 4.69) is 4.72 Å². The third kappa shape index (κ3) is 2.66. The molecular formula is C14H16N2O3S. The van der Waals surface area contributed by atoms with Gasteiger partial charge in [0.1, 0.15) is 6.29 Å². The Morgan fingerprint density at radius 3 is 2.40 bits per heavy atom. The van der Waals surface area contributed by atoms with Crippen molar-refractivity contribution in [3.63, 3.8) is 0 Å². The van der Waals surface area contributed by atoms with Gasteiger partial charge in [-0.3, -0.25) is 0 Å². The highest BCUT2D eigenvalue weighted by atomic mass is 32.2. The Kier molecular flexibility index (Phi) is 4.06. The number of hydrogen-bond acceptors (Lipinski definition) is 4. The molecule has 0 aliphatic rings. The lowest BCUT2D eigenvalue weighted by Crippen LogP contribution is -2.25. The fourth-order valence-electron chi connectivity index (χ4n) is 2.11. The Morgan fingerprint density at radius 1 is 1.10 bits per heavy atom. The van der Waals surface area contributed by atoms with E-state index in [4.69, 9.17) is 0 Å². The van der Waals surface area contributed by atoms with E-state index in [0.29, 0.717) is 11.7 Å². The molecule has 0 atom stereocenters. The van der Waals surface area contributed by atoms with Crippen molar-refractivity contribution in [1.29, 1.82) is 0 Å². The van der Waals surface area contributed by atoms with Crippen LogP contribution in [0.5, 0.6) is 0 Å². The number of carbonyl (C=O) groups is 1. The Balaban J connectivity index is 2.67. The van der Waals surface area contributed by atoms with Gasteiger partial charge in [-0.1, -0.05) is 24.3 Å². The molecule has 1 N–H and O–H groups in total. The number of fused-ring (bicyclic) bond motifs is 1. The number of rotatable bonds is 5. The first-order chi connectivity index (χ1) is 9.47. The topological polar surface area (TPSA) is 66.5 Å². The summed E-state index contributed by atoms with van der Waals surface area (Å²) in [5.41, 5.74) is 0.940. The summed E-state index contributed by atoms with van der Waals surface area (Å²) in [4.78, 5) is 12.5. The number of aldehydes is 1. The van der Waals surface area contributed by atoms with E-state index in [1.54, 1.807) is 12.1 Å². The quantitative estimate of drug-likeness (QED) is 0.846. The zero-order valence-electron chi connectivity index (χ0n) is 11.3. The van der Waals surface area contributed by atoms with Gasteiger partial charge in [0.05, 0.1) is 11.4 Å². The molecule has 0 aliphatic carbocycles. The van der Waals surface area contributed by atoms with E-state index in [-0.39, 0.29) is 11.4 Å². The first kappa shape index (κ1) is 14.5. The molecule has 106 valence electrons. The molecule has 0 fully saturated rings. The minimum absolute atomic E-state index is 0.181. The van der Waals surface area contributed by atoms with Crippen molar-refractivity contribution < 1.29 is 13.2 Å². The molecule has 0 spiro atoms. The van der Waals surface area contributed by atoms with Crippen molar-refractivity contribution in [3.05, 3.63) is 36.4 Å². The summed E-state index contributed by atoms with van der Waals surface area (Å²) in [6.07, 6.45) is 0.522. The average molecular weight is 292 g/mol. The van der Waals surface area contributed by atoms with Crippen LogP contribution in [0.4, 0.5) is 5.69 Å². The summed E-state index contributed by atoms with van der Waals surface area (Å²) in [5.74, 6) is 0. The molecule has 0 heterocycles. The fraction of sp³-hybridized carbons (Fsp3) is 0.214. The number of hydrogen-bond donors (Lipinski definition) is 1. The summed E-state index contributed by atoms with van der Waals surface area (Å²) in [6, 6.07) is 10.6. The van der Waals surface area contributed by atoms with Gasteiger partial charge >= 0.3 is 0 Å². The normalized spacial score (nSPS) is 11.5. The van der Waals surface area contributed by atoms with Crippen molar-refractivity contribution in [2.75, 3.05) is 25.5 Å². The molecule has 6 heteroatoms. The van der Waals surface area contributed by atoms with Gasteiger partial charge in [0, 0.05) is 30.6 Å². The van der Waals surface area contributed by atoms with Crippen molar-refractivity contribution in [2.45, 2.75) is 4.90 Å². The Hall–Kier alpha value is -1.92. The van der Waals surface area contributed by atoms with Crippen LogP contribution < -0.4 is 9.62 Å². The summed E-state index contributed by atoms with van der Waals surface area (Å²) in [7, 11) is 0.115. The summed E-state index contributed by atoms with van der Waals surface area (Å²) in [6.45, 7) is -0.230. The lowest BCUT2D eigenvalue weighted by Gasteiger charge is -2.16. The zero-order chi connectivity index (χ0) is 14.8. The SMILES string of the molecule is CN(C)c1cccc2c(S(=O)(=O)NCC=O)cccc12. The van der Waals surface area contributed by atoms with Crippen LogP contribution in [0, 0.1) is 0 Å². The molecule has 20 heavy (non-hydrogen) atoms. The van der Waals surface area contributed by atoms with Gasteiger partial charge in [0.2, 0.25) is 10.0 Å². The third-order valence-corrected chi connectivity index (χ3v) is 4.47. The van der Waals surface area contributed by atoms with Crippen LogP contribution >= 0.6 is 0 Å². The van der Waals surface area contributed by atoms with Gasteiger partial charge in [-0.2, -0.15) is 0 Å². The largest absolute Gasteiger partial charge is 0.377 e. The highest BCUT2D eigenvalue weighted by Crippen LogP contribution is 2.29. The van der Waals surface area contributed by atoms with E-state index < -0.39 is 10.0 Å². The van der Waals surface area contributed by atoms with E-state index in [1.165, 1.54) is 6.07 Å². The van der Waals surface area contributed by atoms with Crippen molar-refractivity contribution in [2.24, 2.45) is 0 Å². The predicted molar refractivity (Wildman–Crippen MR) is 79.5 cm³/mol. The fourth-order valence-corrected chi connectivity index (χ4v) is 3.28. The van der Waals surface area contributed by atoms with E-state index >= 15 is 0 Å². The Labute approximate surface area is 118 Å². The molecule has 0 aliphatic heterocycles. The van der Waals surface area contributed by atoms with Gasteiger partial charge < -0.3 is 9.69 Å². The number of carbonyl (C=O) groups excluding carboxylic acids is 1. The second-order valence-corrected chi connectivity index (χ2v) is 6.28. The monoisotopic (exact) mass is 292 g/mol. The van der Waals surface area contributed by atoms with Crippen LogP contribution in [0.2, 0.25) is 0 Å². The van der Waals surface area contributed by atoms with Crippen molar-refractivity contribution in [3.8, 4) is 0 Å². The molecule has 0 aromatic heterocycles. The van der Waals surface area contributed by atoms with Crippen LogP contribution in [0.3, 0.4) is 0 Å². The molecular weight excluding hydrogens is 276 g/mol. The Morgan fingerprint density at radius 2 is 1.75 bits per heavy atom. The molecule has 0 saturated carbocycles. The summed E-state index contributed by atoms with van der Waals surface area (Å²) < 4.78 is 26.7. The minimum Gasteiger partial charge on any atom is -0.377 e. The molecule has 2 aromatic carbocycles. The Bertz CT molecular complexity index is 739. The smallest absolute Gasteiger partial charge is 0.241 e. The minimum atomic E-state index is -3.69. The molecule has 0 amide bonds. The maximum absolute atomic E-state index is 12.2. The highest BCUT2D eigenvalue weighted by molar-refractivity contribution is 7.89. The van der Waals surface area contributed by atoms with Crippen LogP contribution in [0.15, 0.2) is 41.3 Å². The molecule has 0 radical (unpaired) electrons. The van der Waals surface area contributed by atoms with Crippen molar-refractivity contribution in [1.82, 2.24) is 4.72 Å². The molecule has 2 aromatic rings. The predicted octanol–water partition coefficient (Wildman–Crippen LogP) is 1.38. The van der Waals surface area contributed by atoms with E-state index in [0.717, 1.165) is 11.1 Å². The molecule has 0 unspecified atom stereocenters. The number of sulfonamides is 1. The van der Waals surface area contributed by atoms with Crippen LogP contribution in [0.25, 0.3) is 10.8 Å². The summed E-state index contributed by atoms with van der Waals surface area (Å²) >= 11 is 0. The summed E-state index contributed by atoms with van der Waals surface area (Å²) in [5, 5.41) is 1.49. The second-order valence-electron chi connectivity index (χ2n) is 4.54. The van der Waals surface area contributed by atoms with Gasteiger partial charge in [-0.05, 0) is 12.1 Å². The van der Waals surface area contributed by atoms with E-state index in [1.807, 2.05) is 37.2 Å². The highest BCUT2D eigenvalue weighted by Gasteiger charge is 2.17. The maximum atomic E-state index is 12.2. The number of nitrogens with one attached hydrogen (secondary N) is 1. The zero-order valence-corrected chi connectivity index (χ0v) is 12.1. The molecule has 2 rings (SSSR count).